The number of imide groups is 1. The van der Waals surface area contributed by atoms with E-state index in [0.29, 0.717) is 17.1 Å². The Kier molecular flexibility index (Phi) is 3.38. The lowest BCUT2D eigenvalue weighted by atomic mass is 9.96. The van der Waals surface area contributed by atoms with Crippen LogP contribution >= 0.6 is 0 Å². The second-order valence-electron chi connectivity index (χ2n) is 6.64. The highest BCUT2D eigenvalue weighted by atomic mass is 16.2. The van der Waals surface area contributed by atoms with Gasteiger partial charge in [-0.2, -0.15) is 0 Å². The molecule has 7 nitrogen and oxygen atoms in total. The largest absolute Gasteiger partial charge is 0.357 e. The summed E-state index contributed by atoms with van der Waals surface area (Å²) in [6.45, 7) is 1.78. The molecule has 2 heterocycles. The standard InChI is InChI=1S/C18H18N4O3/c1-18(11-7-8-11)16(24)22(17(25)21-18)13-5-2-4-12(10-13)20-15(23)14-6-3-9-19-14/h2-6,9-11,19H,7-8H2,1H3,(H,20,23)(H,21,25)/t18-/m1/s1. The smallest absolute Gasteiger partial charge is 0.329 e. The summed E-state index contributed by atoms with van der Waals surface area (Å²) in [6, 6.07) is 9.69. The minimum absolute atomic E-state index is 0.199. The van der Waals surface area contributed by atoms with Crippen LogP contribution in [0.4, 0.5) is 16.2 Å². The molecule has 2 fully saturated rings. The van der Waals surface area contributed by atoms with Gasteiger partial charge in [0.25, 0.3) is 11.8 Å². The maximum Gasteiger partial charge on any atom is 0.329 e. The van der Waals surface area contributed by atoms with Crippen LogP contribution in [0.15, 0.2) is 42.6 Å². The van der Waals surface area contributed by atoms with Gasteiger partial charge in [-0.15, -0.1) is 0 Å². The van der Waals surface area contributed by atoms with Crippen LogP contribution in [0.3, 0.4) is 0 Å². The summed E-state index contributed by atoms with van der Waals surface area (Å²) >= 11 is 0. The third-order valence-corrected chi connectivity index (χ3v) is 4.82. The molecule has 2 aromatic rings. The van der Waals surface area contributed by atoms with Gasteiger partial charge in [0, 0.05) is 11.9 Å². The molecule has 1 aromatic carbocycles. The van der Waals surface area contributed by atoms with Crippen molar-refractivity contribution in [2.45, 2.75) is 25.3 Å². The van der Waals surface area contributed by atoms with Crippen molar-refractivity contribution >= 4 is 29.2 Å². The zero-order chi connectivity index (χ0) is 17.6. The lowest BCUT2D eigenvalue weighted by Gasteiger charge is -2.21. The predicted octanol–water partition coefficient (Wildman–Crippen LogP) is 2.49. The lowest BCUT2D eigenvalue weighted by molar-refractivity contribution is -0.122. The lowest BCUT2D eigenvalue weighted by Crippen LogP contribution is -2.46. The molecule has 1 atom stereocenters. The first kappa shape index (κ1) is 15.4. The monoisotopic (exact) mass is 338 g/mol. The number of urea groups is 1. The van der Waals surface area contributed by atoms with Gasteiger partial charge < -0.3 is 15.6 Å². The molecule has 1 aliphatic heterocycles. The van der Waals surface area contributed by atoms with E-state index in [2.05, 4.69) is 15.6 Å². The van der Waals surface area contributed by atoms with Crippen molar-refractivity contribution in [3.05, 3.63) is 48.3 Å². The molecule has 1 aromatic heterocycles. The van der Waals surface area contributed by atoms with Crippen LogP contribution in [0.2, 0.25) is 0 Å². The van der Waals surface area contributed by atoms with E-state index in [4.69, 9.17) is 0 Å². The van der Waals surface area contributed by atoms with Gasteiger partial charge in [0.1, 0.15) is 11.2 Å². The Morgan fingerprint density at radius 3 is 2.72 bits per heavy atom. The third kappa shape index (κ3) is 2.57. The van der Waals surface area contributed by atoms with Crippen LogP contribution in [-0.2, 0) is 4.79 Å². The minimum Gasteiger partial charge on any atom is -0.357 e. The van der Waals surface area contributed by atoms with Gasteiger partial charge in [-0.05, 0) is 56.0 Å². The molecule has 7 heteroatoms. The third-order valence-electron chi connectivity index (χ3n) is 4.82. The predicted molar refractivity (Wildman–Crippen MR) is 92.3 cm³/mol. The Morgan fingerprint density at radius 1 is 1.24 bits per heavy atom. The summed E-state index contributed by atoms with van der Waals surface area (Å²) in [5, 5.41) is 5.57. The van der Waals surface area contributed by atoms with Crippen LogP contribution in [0, 0.1) is 5.92 Å². The van der Waals surface area contributed by atoms with Crippen LogP contribution in [0.1, 0.15) is 30.3 Å². The van der Waals surface area contributed by atoms with Gasteiger partial charge in [0.05, 0.1) is 5.69 Å². The van der Waals surface area contributed by atoms with Gasteiger partial charge >= 0.3 is 6.03 Å². The van der Waals surface area contributed by atoms with Crippen LogP contribution in [0.25, 0.3) is 0 Å². The van der Waals surface area contributed by atoms with E-state index in [-0.39, 0.29) is 17.7 Å². The molecule has 3 N–H and O–H groups in total. The number of nitrogens with one attached hydrogen (secondary N) is 3. The van der Waals surface area contributed by atoms with Crippen molar-refractivity contribution in [2.75, 3.05) is 10.2 Å². The highest BCUT2D eigenvalue weighted by Crippen LogP contribution is 2.43. The quantitative estimate of drug-likeness (QED) is 0.748. The molecule has 0 radical (unpaired) electrons. The molecular formula is C18H18N4O3. The highest BCUT2D eigenvalue weighted by molar-refractivity contribution is 6.23. The fourth-order valence-corrected chi connectivity index (χ4v) is 3.22. The molecule has 1 aliphatic carbocycles. The molecule has 0 bridgehead atoms. The molecular weight excluding hydrogens is 320 g/mol. The number of amides is 4. The number of hydrogen-bond acceptors (Lipinski definition) is 3. The van der Waals surface area contributed by atoms with Gasteiger partial charge in [0.15, 0.2) is 0 Å². The number of H-pyrrole nitrogens is 1. The van der Waals surface area contributed by atoms with Gasteiger partial charge in [-0.1, -0.05) is 6.07 Å². The first-order valence-electron chi connectivity index (χ1n) is 8.20. The number of aromatic nitrogens is 1. The number of carbonyl (C=O) groups is 3. The first-order chi connectivity index (χ1) is 12.0. The van der Waals surface area contributed by atoms with E-state index >= 15 is 0 Å². The van der Waals surface area contributed by atoms with Crippen LogP contribution in [0.5, 0.6) is 0 Å². The molecule has 4 rings (SSSR count). The van der Waals surface area contributed by atoms with Crippen molar-refractivity contribution < 1.29 is 14.4 Å². The fraction of sp³-hybridized carbons (Fsp3) is 0.278. The Labute approximate surface area is 144 Å². The molecule has 1 saturated carbocycles. The second kappa shape index (κ2) is 5.47. The number of rotatable bonds is 4. The normalized spacial score (nSPS) is 22.8. The molecule has 0 spiro atoms. The summed E-state index contributed by atoms with van der Waals surface area (Å²) in [5.41, 5.74) is 0.552. The number of nitrogens with zero attached hydrogens (tertiary/aromatic N) is 1. The Balaban J connectivity index is 1.58. The topological polar surface area (TPSA) is 94.3 Å². The summed E-state index contributed by atoms with van der Waals surface area (Å²) in [6.07, 6.45) is 3.56. The molecule has 0 unspecified atom stereocenters. The van der Waals surface area contributed by atoms with Gasteiger partial charge in [-0.25, -0.2) is 9.69 Å². The van der Waals surface area contributed by atoms with Crippen molar-refractivity contribution in [3.8, 4) is 0 Å². The summed E-state index contributed by atoms with van der Waals surface area (Å²) in [4.78, 5) is 41.3. The zero-order valence-electron chi connectivity index (χ0n) is 13.7. The summed E-state index contributed by atoms with van der Waals surface area (Å²) < 4.78 is 0. The maximum atomic E-state index is 12.8. The van der Waals surface area contributed by atoms with Crippen LogP contribution < -0.4 is 15.5 Å². The SMILES string of the molecule is C[C@]1(C2CC2)NC(=O)N(c2cccc(NC(=O)c3ccc[nH]3)c2)C1=O. The molecule has 25 heavy (non-hydrogen) atoms. The molecule has 2 aliphatic rings. The second-order valence-corrected chi connectivity index (χ2v) is 6.64. The number of benzene rings is 1. The van der Waals surface area contributed by atoms with Crippen molar-refractivity contribution in [1.82, 2.24) is 10.3 Å². The maximum absolute atomic E-state index is 12.8. The van der Waals surface area contributed by atoms with E-state index in [9.17, 15) is 14.4 Å². The van der Waals surface area contributed by atoms with E-state index < -0.39 is 11.6 Å². The Bertz CT molecular complexity index is 857. The van der Waals surface area contributed by atoms with Gasteiger partial charge in [-0.3, -0.25) is 9.59 Å². The molecule has 1 saturated heterocycles. The van der Waals surface area contributed by atoms with Crippen molar-refractivity contribution in [2.24, 2.45) is 5.92 Å². The number of carbonyl (C=O) groups excluding carboxylic acids is 3. The molecule has 128 valence electrons. The van der Waals surface area contributed by atoms with E-state index in [1.807, 2.05) is 0 Å². The van der Waals surface area contributed by atoms with Crippen molar-refractivity contribution in [1.29, 1.82) is 0 Å². The van der Waals surface area contributed by atoms with Crippen LogP contribution in [-0.4, -0.2) is 28.4 Å². The zero-order valence-corrected chi connectivity index (χ0v) is 13.7. The molecule has 4 amide bonds. The number of hydrogen-bond donors (Lipinski definition) is 3. The summed E-state index contributed by atoms with van der Waals surface area (Å²) in [7, 11) is 0. The van der Waals surface area contributed by atoms with E-state index in [1.54, 1.807) is 49.5 Å². The Morgan fingerprint density at radius 2 is 2.04 bits per heavy atom. The highest BCUT2D eigenvalue weighted by Gasteiger charge is 2.56. The van der Waals surface area contributed by atoms with E-state index in [1.165, 1.54) is 0 Å². The minimum atomic E-state index is -0.833. The summed E-state index contributed by atoms with van der Waals surface area (Å²) in [5.74, 6) is -0.334. The van der Waals surface area contributed by atoms with Gasteiger partial charge in [0.2, 0.25) is 0 Å². The average Bonchev–Trinajstić information content (AvgIpc) is 3.24. The first-order valence-corrected chi connectivity index (χ1v) is 8.20. The van der Waals surface area contributed by atoms with E-state index in [0.717, 1.165) is 17.7 Å². The number of aromatic amines is 1. The average molecular weight is 338 g/mol. The number of anilines is 2. The fourth-order valence-electron chi connectivity index (χ4n) is 3.22. The Hall–Kier alpha value is -3.09. The van der Waals surface area contributed by atoms with Crippen molar-refractivity contribution in [3.63, 3.8) is 0 Å².